The van der Waals surface area contributed by atoms with Gasteiger partial charge in [0, 0.05) is 5.56 Å². The van der Waals surface area contributed by atoms with Crippen LogP contribution in [-0.2, 0) is 0 Å². The molecule has 2 aromatic carbocycles. The summed E-state index contributed by atoms with van der Waals surface area (Å²) in [5.41, 5.74) is 6.68. The van der Waals surface area contributed by atoms with Gasteiger partial charge in [-0.2, -0.15) is 0 Å². The highest BCUT2D eigenvalue weighted by Gasteiger charge is 2.14. The Hall–Kier alpha value is -1.88. The van der Waals surface area contributed by atoms with Crippen LogP contribution in [0.25, 0.3) is 0 Å². The van der Waals surface area contributed by atoms with E-state index >= 15 is 0 Å². The number of benzene rings is 2. The van der Waals surface area contributed by atoms with Crippen molar-refractivity contribution < 1.29 is 9.13 Å². The monoisotopic (exact) mass is 322 g/mol. The van der Waals surface area contributed by atoms with Gasteiger partial charge in [0.25, 0.3) is 0 Å². The smallest absolute Gasteiger partial charge is 0.180 e. The zero-order valence-electron chi connectivity index (χ0n) is 10.2. The molecule has 3 N–H and O–H groups in total. The molecule has 0 fully saturated rings. The highest BCUT2D eigenvalue weighted by atomic mass is 79.9. The summed E-state index contributed by atoms with van der Waals surface area (Å²) in [4.78, 5) is 0. The lowest BCUT2D eigenvalue weighted by Gasteiger charge is -2.10. The second-order valence-corrected chi connectivity index (χ2v) is 4.86. The largest absolute Gasteiger partial charge is 0.454 e. The van der Waals surface area contributed by atoms with Gasteiger partial charge in [-0.25, -0.2) is 4.39 Å². The van der Waals surface area contributed by atoms with Crippen LogP contribution in [0.15, 0.2) is 40.9 Å². The van der Waals surface area contributed by atoms with Crippen molar-refractivity contribution in [1.82, 2.24) is 0 Å². The first-order valence-corrected chi connectivity index (χ1v) is 6.35. The number of nitrogens with one attached hydrogen (secondary N) is 1. The summed E-state index contributed by atoms with van der Waals surface area (Å²) in [6, 6.07) is 10.3. The summed E-state index contributed by atoms with van der Waals surface area (Å²) in [7, 11) is 0. The number of hydrogen-bond acceptors (Lipinski definition) is 2. The van der Waals surface area contributed by atoms with Crippen molar-refractivity contribution in [3.8, 4) is 11.5 Å². The molecule has 0 aliphatic rings. The maximum Gasteiger partial charge on any atom is 0.180 e. The van der Waals surface area contributed by atoms with Crippen LogP contribution in [-0.4, -0.2) is 5.84 Å². The highest BCUT2D eigenvalue weighted by Crippen LogP contribution is 2.31. The number of hydrogen-bond donors (Lipinski definition) is 2. The van der Waals surface area contributed by atoms with E-state index in [0.717, 1.165) is 5.56 Å². The SMILES string of the molecule is Cc1cccc(Oc2ccc(C(=N)N)c(Br)c2F)c1. The number of nitrogens with two attached hydrogens (primary N) is 1. The van der Waals surface area contributed by atoms with E-state index in [-0.39, 0.29) is 16.1 Å². The lowest BCUT2D eigenvalue weighted by Crippen LogP contribution is -2.12. The van der Waals surface area contributed by atoms with Crippen LogP contribution in [0.2, 0.25) is 0 Å². The molecule has 0 aromatic heterocycles. The van der Waals surface area contributed by atoms with Crippen LogP contribution in [0.5, 0.6) is 11.5 Å². The molecule has 5 heteroatoms. The number of ether oxygens (including phenoxy) is 1. The van der Waals surface area contributed by atoms with E-state index in [1.807, 2.05) is 25.1 Å². The molecule has 0 atom stereocenters. The first-order valence-electron chi connectivity index (χ1n) is 5.56. The molecule has 0 heterocycles. The average molecular weight is 323 g/mol. The van der Waals surface area contributed by atoms with Crippen molar-refractivity contribution in [2.75, 3.05) is 0 Å². The Balaban J connectivity index is 2.37. The van der Waals surface area contributed by atoms with Gasteiger partial charge in [0.1, 0.15) is 11.6 Å². The minimum Gasteiger partial charge on any atom is -0.454 e. The predicted molar refractivity (Wildman–Crippen MR) is 76.4 cm³/mol. The predicted octanol–water partition coefficient (Wildman–Crippen LogP) is 3.97. The number of nitrogen functional groups attached to an aromatic ring is 1. The summed E-state index contributed by atoms with van der Waals surface area (Å²) in [5.74, 6) is -0.133. The topological polar surface area (TPSA) is 59.1 Å². The Kier molecular flexibility index (Phi) is 3.85. The van der Waals surface area contributed by atoms with Gasteiger partial charge >= 0.3 is 0 Å². The quantitative estimate of drug-likeness (QED) is 0.663. The van der Waals surface area contributed by atoms with Crippen LogP contribution in [0.3, 0.4) is 0 Å². The van der Waals surface area contributed by atoms with Crippen molar-refractivity contribution in [3.05, 3.63) is 57.8 Å². The number of halogens is 2. The third-order valence-electron chi connectivity index (χ3n) is 2.55. The molecule has 0 unspecified atom stereocenters. The van der Waals surface area contributed by atoms with Crippen LogP contribution in [0.1, 0.15) is 11.1 Å². The Labute approximate surface area is 118 Å². The minimum atomic E-state index is -0.575. The Morgan fingerprint density at radius 2 is 2.05 bits per heavy atom. The van der Waals surface area contributed by atoms with E-state index in [9.17, 15) is 4.39 Å². The molecule has 3 nitrogen and oxygen atoms in total. The molecule has 0 amide bonds. The lowest BCUT2D eigenvalue weighted by molar-refractivity contribution is 0.440. The van der Waals surface area contributed by atoms with Crippen LogP contribution in [0.4, 0.5) is 4.39 Å². The fourth-order valence-electron chi connectivity index (χ4n) is 1.62. The zero-order chi connectivity index (χ0) is 14.0. The Morgan fingerprint density at radius 3 is 2.68 bits per heavy atom. The fraction of sp³-hybridized carbons (Fsp3) is 0.0714. The van der Waals surface area contributed by atoms with E-state index in [0.29, 0.717) is 11.3 Å². The molecular weight excluding hydrogens is 311 g/mol. The van der Waals surface area contributed by atoms with Crippen molar-refractivity contribution in [3.63, 3.8) is 0 Å². The molecule has 98 valence electrons. The van der Waals surface area contributed by atoms with Crippen LogP contribution < -0.4 is 10.5 Å². The first kappa shape index (κ1) is 13.5. The highest BCUT2D eigenvalue weighted by molar-refractivity contribution is 9.10. The second kappa shape index (κ2) is 5.40. The summed E-state index contributed by atoms with van der Waals surface area (Å²) >= 11 is 3.08. The molecular formula is C14H12BrFN2O. The molecule has 0 aliphatic heterocycles. The first-order chi connectivity index (χ1) is 8.99. The van der Waals surface area contributed by atoms with Crippen molar-refractivity contribution in [2.45, 2.75) is 6.92 Å². The minimum absolute atomic E-state index is 0.0856. The average Bonchev–Trinajstić information content (AvgIpc) is 2.35. The molecule has 19 heavy (non-hydrogen) atoms. The molecule has 0 bridgehead atoms. The van der Waals surface area contributed by atoms with Crippen molar-refractivity contribution in [2.24, 2.45) is 5.73 Å². The van der Waals surface area contributed by atoms with Crippen molar-refractivity contribution in [1.29, 1.82) is 5.41 Å². The molecule has 0 spiro atoms. The third-order valence-corrected chi connectivity index (χ3v) is 3.33. The standard InChI is InChI=1S/C14H12BrFN2O/c1-8-3-2-4-9(7-8)19-11-6-5-10(14(17)18)12(15)13(11)16/h2-7H,1H3,(H3,17,18). The van der Waals surface area contributed by atoms with Crippen LogP contribution in [0, 0.1) is 18.2 Å². The Bertz CT molecular complexity index is 643. The van der Waals surface area contributed by atoms with Gasteiger partial charge in [-0.15, -0.1) is 0 Å². The van der Waals surface area contributed by atoms with Gasteiger partial charge in [0.05, 0.1) is 4.47 Å². The van der Waals surface area contributed by atoms with E-state index in [1.54, 1.807) is 12.1 Å². The fourth-order valence-corrected chi connectivity index (χ4v) is 2.17. The molecule has 2 aromatic rings. The van der Waals surface area contributed by atoms with E-state index in [2.05, 4.69) is 15.9 Å². The van der Waals surface area contributed by atoms with Gasteiger partial charge in [-0.1, -0.05) is 12.1 Å². The molecule has 0 saturated heterocycles. The third kappa shape index (κ3) is 2.93. The van der Waals surface area contributed by atoms with E-state index in [4.69, 9.17) is 15.9 Å². The molecule has 0 saturated carbocycles. The zero-order valence-corrected chi connectivity index (χ0v) is 11.8. The number of amidine groups is 1. The number of rotatable bonds is 3. The lowest BCUT2D eigenvalue weighted by atomic mass is 10.2. The summed E-state index contributed by atoms with van der Waals surface area (Å²) in [6.45, 7) is 1.93. The Morgan fingerprint density at radius 1 is 1.32 bits per heavy atom. The van der Waals surface area contributed by atoms with Gasteiger partial charge in [0.15, 0.2) is 11.6 Å². The van der Waals surface area contributed by atoms with Crippen LogP contribution >= 0.6 is 15.9 Å². The van der Waals surface area contributed by atoms with Gasteiger partial charge in [-0.3, -0.25) is 5.41 Å². The van der Waals surface area contributed by atoms with Gasteiger partial charge < -0.3 is 10.5 Å². The van der Waals surface area contributed by atoms with Crippen molar-refractivity contribution >= 4 is 21.8 Å². The van der Waals surface area contributed by atoms with Gasteiger partial charge in [0.2, 0.25) is 0 Å². The maximum absolute atomic E-state index is 14.1. The summed E-state index contributed by atoms with van der Waals surface area (Å²) < 4.78 is 19.7. The second-order valence-electron chi connectivity index (χ2n) is 4.07. The number of aryl methyl sites for hydroxylation is 1. The molecule has 2 rings (SSSR count). The van der Waals surface area contributed by atoms with E-state index < -0.39 is 5.82 Å². The normalized spacial score (nSPS) is 10.3. The van der Waals surface area contributed by atoms with Gasteiger partial charge in [-0.05, 0) is 52.7 Å². The summed E-state index contributed by atoms with van der Waals surface area (Å²) in [5, 5.41) is 7.33. The maximum atomic E-state index is 14.1. The molecule has 0 radical (unpaired) electrons. The van der Waals surface area contributed by atoms with E-state index in [1.165, 1.54) is 6.07 Å². The molecule has 0 aliphatic carbocycles. The summed E-state index contributed by atoms with van der Waals surface area (Å²) in [6.07, 6.45) is 0.